The highest BCUT2D eigenvalue weighted by Gasteiger charge is 2.26. The second-order valence-corrected chi connectivity index (χ2v) is 16.1. The molecule has 1 fully saturated rings. The minimum Gasteiger partial charge on any atom is -0.448 e. The molecule has 1 aliphatic rings. The van der Waals surface area contributed by atoms with E-state index in [1.807, 2.05) is 60.7 Å². The van der Waals surface area contributed by atoms with Gasteiger partial charge in [0.1, 0.15) is 6.61 Å². The number of nitrogens with zero attached hydrogens (tertiary/aromatic N) is 2. The van der Waals surface area contributed by atoms with Crippen molar-refractivity contribution in [1.82, 2.24) is 25.7 Å². The molecule has 0 saturated carbocycles. The van der Waals surface area contributed by atoms with Gasteiger partial charge < -0.3 is 26.8 Å². The van der Waals surface area contributed by atoms with Crippen molar-refractivity contribution in [2.24, 2.45) is 5.73 Å². The van der Waals surface area contributed by atoms with E-state index in [0.717, 1.165) is 16.5 Å². The Morgan fingerprint density at radius 1 is 0.638 bits per heavy atom. The summed E-state index contributed by atoms with van der Waals surface area (Å²) in [5.41, 5.74) is 13.8. The molecule has 1 amide bonds. The van der Waals surface area contributed by atoms with Crippen LogP contribution in [-0.2, 0) is 24.4 Å². The van der Waals surface area contributed by atoms with Crippen molar-refractivity contribution >= 4 is 118 Å². The molecule has 0 spiro atoms. The number of halogens is 3. The van der Waals surface area contributed by atoms with E-state index in [1.165, 1.54) is 0 Å². The maximum Gasteiger partial charge on any atom is 0.407 e. The van der Waals surface area contributed by atoms with Crippen LogP contribution in [-0.4, -0.2) is 69.6 Å². The second kappa shape index (κ2) is 19.2. The highest BCUT2D eigenvalue weighted by Crippen LogP contribution is 2.33. The number of alkyl carbamates (subject to hydrolysis) is 1. The van der Waals surface area contributed by atoms with Gasteiger partial charge in [0, 0.05) is 46.0 Å². The molecule has 2 aromatic heterocycles. The molecule has 8 aromatic rings. The van der Waals surface area contributed by atoms with Crippen molar-refractivity contribution in [3.8, 4) is 0 Å². The average molecular weight is 886 g/mol. The maximum atomic E-state index is 13.3. The summed E-state index contributed by atoms with van der Waals surface area (Å²) in [6, 6.07) is 35.8. The molecule has 3 heterocycles. The molecule has 19 heteroatoms. The predicted octanol–water partition coefficient (Wildman–Crippen LogP) is 7.04. The smallest absolute Gasteiger partial charge is 0.407 e. The van der Waals surface area contributed by atoms with Crippen LogP contribution in [0.15, 0.2) is 141 Å². The maximum absolute atomic E-state index is 13.3. The first kappa shape index (κ1) is 45.1. The summed E-state index contributed by atoms with van der Waals surface area (Å²) in [5.74, 6) is 0. The standard InChI is InChI=1S/C19H18N4O2S.C17H13N3O2S.C3H5NO2.3ClH/c20-10-11-21-14-8-9-17-16(12-14)19(23-22-17)26(24,25)18-7-3-5-13-4-1-2-6-15(13)18;18-12-8-9-15-14(10-12)17(20-19-15)23(21,22)16-7-3-5-11-4-1-2-6-13(11)16;5-3-4-1-2-6-3;;;/h1-9,12,21H,10-11,20H2,(H,22,23);1-10H,18H2,(H,19,20);1-2H2,(H,4,5);3*1H. The summed E-state index contributed by atoms with van der Waals surface area (Å²) in [7, 11) is -7.50. The predicted molar refractivity (Wildman–Crippen MR) is 234 cm³/mol. The van der Waals surface area contributed by atoms with Gasteiger partial charge in [-0.3, -0.25) is 10.2 Å². The Labute approximate surface area is 352 Å². The number of rotatable bonds is 7. The Kier molecular flexibility index (Phi) is 14.9. The summed E-state index contributed by atoms with van der Waals surface area (Å²) in [5, 5.41) is 23.5. The Morgan fingerprint density at radius 2 is 1.14 bits per heavy atom. The molecule has 9 rings (SSSR count). The Hall–Kier alpha value is -5.62. The number of cyclic esters (lactones) is 1. The first-order valence-electron chi connectivity index (χ1n) is 17.1. The molecule has 0 atom stereocenters. The van der Waals surface area contributed by atoms with Crippen LogP contribution in [0.25, 0.3) is 43.4 Å². The highest BCUT2D eigenvalue weighted by molar-refractivity contribution is 7.92. The fourth-order valence-corrected chi connectivity index (χ4v) is 9.30. The van der Waals surface area contributed by atoms with Gasteiger partial charge in [-0.15, -0.1) is 37.2 Å². The number of benzene rings is 6. The van der Waals surface area contributed by atoms with E-state index >= 15 is 0 Å². The van der Waals surface area contributed by atoms with Gasteiger partial charge in [0.25, 0.3) is 0 Å². The number of nitrogens with two attached hydrogens (primary N) is 2. The quantitative estimate of drug-likeness (QED) is 0.0890. The SMILES string of the molecule is Cl.Cl.Cl.NCCNc1ccc2n[nH]c(S(=O)(=O)c3cccc4ccccc34)c2c1.Nc1ccc2n[nH]c(S(=O)(=O)c3cccc4ccccc34)c2c1.O=C1NCCO1. The van der Waals surface area contributed by atoms with Crippen LogP contribution in [0.4, 0.5) is 16.2 Å². The Morgan fingerprint density at radius 3 is 1.62 bits per heavy atom. The summed E-state index contributed by atoms with van der Waals surface area (Å²) >= 11 is 0. The molecule has 6 aromatic carbocycles. The molecule has 304 valence electrons. The lowest BCUT2D eigenvalue weighted by atomic mass is 10.1. The van der Waals surface area contributed by atoms with Crippen molar-refractivity contribution in [2.75, 3.05) is 37.3 Å². The number of ether oxygens (including phenoxy) is 1. The summed E-state index contributed by atoms with van der Waals surface area (Å²) < 4.78 is 57.3. The molecule has 1 aliphatic heterocycles. The third kappa shape index (κ3) is 9.23. The summed E-state index contributed by atoms with van der Waals surface area (Å²) in [6.45, 7) is 2.29. The first-order valence-corrected chi connectivity index (χ1v) is 20.1. The lowest BCUT2D eigenvalue weighted by molar-refractivity contribution is 0.178. The number of fused-ring (bicyclic) bond motifs is 4. The number of carbonyl (C=O) groups excluding carboxylic acids is 1. The third-order valence-corrected chi connectivity index (χ3v) is 12.3. The Balaban J connectivity index is 0.000000215. The number of nitrogen functional groups attached to an aromatic ring is 1. The van der Waals surface area contributed by atoms with Gasteiger partial charge in [0.2, 0.25) is 19.7 Å². The van der Waals surface area contributed by atoms with Crippen LogP contribution >= 0.6 is 37.2 Å². The van der Waals surface area contributed by atoms with Crippen LogP contribution in [0.3, 0.4) is 0 Å². The summed E-state index contributed by atoms with van der Waals surface area (Å²) in [4.78, 5) is 10.4. The van der Waals surface area contributed by atoms with Crippen LogP contribution in [0.5, 0.6) is 0 Å². The number of anilines is 2. The van der Waals surface area contributed by atoms with Gasteiger partial charge in [-0.25, -0.2) is 21.6 Å². The van der Waals surface area contributed by atoms with Crippen molar-refractivity contribution in [3.05, 3.63) is 121 Å². The third-order valence-electron chi connectivity index (χ3n) is 8.76. The van der Waals surface area contributed by atoms with Crippen LogP contribution in [0, 0.1) is 0 Å². The second-order valence-electron chi connectivity index (χ2n) is 12.4. The number of sulfone groups is 2. The molecule has 0 bridgehead atoms. The molecule has 14 nitrogen and oxygen atoms in total. The lowest BCUT2D eigenvalue weighted by Crippen LogP contribution is -2.12. The molecule has 0 radical (unpaired) electrons. The van der Waals surface area contributed by atoms with Gasteiger partial charge in [0.05, 0.1) is 27.4 Å². The Bertz CT molecular complexity index is 2910. The van der Waals surface area contributed by atoms with Gasteiger partial charge in [-0.05, 0) is 59.3 Å². The largest absolute Gasteiger partial charge is 0.448 e. The molecule has 0 aliphatic carbocycles. The monoisotopic (exact) mass is 884 g/mol. The number of hydrogen-bond donors (Lipinski definition) is 6. The van der Waals surface area contributed by atoms with Crippen LogP contribution in [0.1, 0.15) is 0 Å². The van der Waals surface area contributed by atoms with E-state index in [4.69, 9.17) is 11.5 Å². The number of H-pyrrole nitrogens is 2. The highest BCUT2D eigenvalue weighted by atomic mass is 35.5. The fourth-order valence-electron chi connectivity index (χ4n) is 6.15. The molecule has 58 heavy (non-hydrogen) atoms. The van der Waals surface area contributed by atoms with Crippen molar-refractivity contribution in [2.45, 2.75) is 19.8 Å². The molecular formula is C39H39Cl3N8O6S2. The minimum absolute atomic E-state index is 0. The first-order chi connectivity index (χ1) is 26.6. The normalized spacial score (nSPS) is 12.1. The van der Waals surface area contributed by atoms with Crippen molar-refractivity contribution in [1.29, 1.82) is 0 Å². The van der Waals surface area contributed by atoms with Gasteiger partial charge in [-0.2, -0.15) is 10.2 Å². The molecule has 1 saturated heterocycles. The number of carbonyl (C=O) groups is 1. The minimum atomic E-state index is -3.76. The number of amides is 1. The van der Waals surface area contributed by atoms with Crippen molar-refractivity contribution < 1.29 is 26.4 Å². The average Bonchev–Trinajstić information content (AvgIpc) is 3.97. The topological polar surface area (TPSA) is 228 Å². The zero-order chi connectivity index (χ0) is 38.6. The fraction of sp³-hybridized carbons (Fsp3) is 0.103. The van der Waals surface area contributed by atoms with E-state index in [2.05, 4.69) is 35.8 Å². The molecular weight excluding hydrogens is 847 g/mol. The van der Waals surface area contributed by atoms with E-state index in [1.54, 1.807) is 60.7 Å². The van der Waals surface area contributed by atoms with E-state index in [9.17, 15) is 21.6 Å². The number of aromatic amines is 2. The van der Waals surface area contributed by atoms with Gasteiger partial charge in [-0.1, -0.05) is 72.8 Å². The van der Waals surface area contributed by atoms with Crippen LogP contribution < -0.4 is 22.1 Å². The zero-order valence-electron chi connectivity index (χ0n) is 30.4. The molecule has 8 N–H and O–H groups in total. The number of nitrogens with one attached hydrogen (secondary N) is 4. The van der Waals surface area contributed by atoms with Gasteiger partial charge in [0.15, 0.2) is 10.1 Å². The molecule has 0 unspecified atom stereocenters. The van der Waals surface area contributed by atoms with Crippen molar-refractivity contribution in [3.63, 3.8) is 0 Å². The van der Waals surface area contributed by atoms with E-state index < -0.39 is 19.7 Å². The number of hydrogen-bond acceptors (Lipinski definition) is 11. The van der Waals surface area contributed by atoms with Gasteiger partial charge >= 0.3 is 6.09 Å². The van der Waals surface area contributed by atoms with E-state index in [-0.39, 0.29) is 63.2 Å². The van der Waals surface area contributed by atoms with Crippen LogP contribution in [0.2, 0.25) is 0 Å². The zero-order valence-corrected chi connectivity index (χ0v) is 34.5. The summed E-state index contributed by atoms with van der Waals surface area (Å²) in [6.07, 6.45) is -0.296. The van der Waals surface area contributed by atoms with E-state index in [0.29, 0.717) is 64.5 Å². The number of aromatic nitrogens is 4. The lowest BCUT2D eigenvalue weighted by Gasteiger charge is -2.08.